The monoisotopic (exact) mass is 227 g/mol. The summed E-state index contributed by atoms with van der Waals surface area (Å²) in [5, 5.41) is 9.05. The number of hydrogen-bond acceptors (Lipinski definition) is 2. The van der Waals surface area contributed by atoms with E-state index in [1.165, 1.54) is 0 Å². The van der Waals surface area contributed by atoms with Gasteiger partial charge in [0.2, 0.25) is 0 Å². The maximum absolute atomic E-state index is 9.05. The minimum atomic E-state index is 0.559. The first-order valence-electron chi connectivity index (χ1n) is 5.97. The lowest BCUT2D eigenvalue weighted by atomic mass is 10.1. The molecule has 0 spiro atoms. The Morgan fingerprint density at radius 2 is 2.12 bits per heavy atom. The largest absolute Gasteiger partial charge is 0.492 e. The van der Waals surface area contributed by atoms with Crippen molar-refractivity contribution in [3.63, 3.8) is 0 Å². The highest BCUT2D eigenvalue weighted by Gasteiger charge is 2.03. The molecular weight excluding hydrogens is 210 g/mol. The van der Waals surface area contributed by atoms with E-state index < -0.39 is 0 Å². The van der Waals surface area contributed by atoms with Crippen LogP contribution in [0.1, 0.15) is 44.2 Å². The van der Waals surface area contributed by atoms with Crippen molar-refractivity contribution >= 4 is 0 Å². The van der Waals surface area contributed by atoms with E-state index in [2.05, 4.69) is 24.8 Å². The van der Waals surface area contributed by atoms with Crippen molar-refractivity contribution in [3.05, 3.63) is 29.3 Å². The summed E-state index contributed by atoms with van der Waals surface area (Å²) in [4.78, 5) is 0. The fourth-order valence-corrected chi connectivity index (χ4v) is 1.34. The van der Waals surface area contributed by atoms with Crippen molar-refractivity contribution in [2.24, 2.45) is 0 Å². The molecule has 0 fully saturated rings. The highest BCUT2D eigenvalue weighted by atomic mass is 16.5. The molecule has 88 valence electrons. The van der Waals surface area contributed by atoms with E-state index in [-0.39, 0.29) is 0 Å². The Labute approximate surface area is 103 Å². The molecule has 0 aliphatic rings. The zero-order valence-electron chi connectivity index (χ0n) is 10.4. The minimum Gasteiger partial charge on any atom is -0.492 e. The van der Waals surface area contributed by atoms with E-state index in [0.717, 1.165) is 24.8 Å². The van der Waals surface area contributed by atoms with Gasteiger partial charge in [-0.1, -0.05) is 32.1 Å². The quantitative estimate of drug-likeness (QED) is 0.582. The summed E-state index contributed by atoms with van der Waals surface area (Å²) >= 11 is 0. The standard InChI is InChI=1S/C15H17NO/c1-3-5-7-13-8-9-15(14(11-13)12-16)17-10-6-4-2/h8-9,11H,3-4,6,10H2,1-2H3. The minimum absolute atomic E-state index is 0.559. The lowest BCUT2D eigenvalue weighted by Crippen LogP contribution is -1.98. The number of ether oxygens (including phenoxy) is 1. The maximum Gasteiger partial charge on any atom is 0.137 e. The zero-order valence-corrected chi connectivity index (χ0v) is 10.4. The average Bonchev–Trinajstić information content (AvgIpc) is 2.37. The Morgan fingerprint density at radius 1 is 1.29 bits per heavy atom. The summed E-state index contributed by atoms with van der Waals surface area (Å²) in [6, 6.07) is 7.65. The van der Waals surface area contributed by atoms with Crippen LogP contribution in [0.15, 0.2) is 18.2 Å². The second-order valence-electron chi connectivity index (χ2n) is 3.68. The summed E-state index contributed by atoms with van der Waals surface area (Å²) in [6.07, 6.45) is 2.90. The molecule has 0 amide bonds. The van der Waals surface area contributed by atoms with Crippen LogP contribution in [0.25, 0.3) is 0 Å². The SMILES string of the molecule is CCC#Cc1ccc(OCCCC)c(C#N)c1. The van der Waals surface area contributed by atoms with Crippen molar-refractivity contribution in [2.45, 2.75) is 33.1 Å². The number of benzene rings is 1. The molecule has 0 bridgehead atoms. The zero-order chi connectivity index (χ0) is 12.5. The summed E-state index contributed by atoms with van der Waals surface area (Å²) in [7, 11) is 0. The van der Waals surface area contributed by atoms with Crippen LogP contribution in [0, 0.1) is 23.2 Å². The van der Waals surface area contributed by atoms with E-state index in [4.69, 9.17) is 10.00 Å². The Hall–Kier alpha value is -1.93. The first kappa shape index (κ1) is 13.1. The third-order valence-electron chi connectivity index (χ3n) is 2.26. The highest BCUT2D eigenvalue weighted by molar-refractivity contribution is 5.49. The predicted molar refractivity (Wildman–Crippen MR) is 68.7 cm³/mol. The van der Waals surface area contributed by atoms with Crippen molar-refractivity contribution in [3.8, 4) is 23.7 Å². The van der Waals surface area contributed by atoms with E-state index in [1.807, 2.05) is 19.1 Å². The van der Waals surface area contributed by atoms with Gasteiger partial charge in [0.25, 0.3) is 0 Å². The van der Waals surface area contributed by atoms with Gasteiger partial charge in [0.05, 0.1) is 12.2 Å². The second-order valence-corrected chi connectivity index (χ2v) is 3.68. The molecular formula is C15H17NO. The van der Waals surface area contributed by atoms with Crippen LogP contribution in [-0.2, 0) is 0 Å². The lowest BCUT2D eigenvalue weighted by molar-refractivity contribution is 0.308. The fourth-order valence-electron chi connectivity index (χ4n) is 1.34. The Morgan fingerprint density at radius 3 is 2.76 bits per heavy atom. The van der Waals surface area contributed by atoms with Gasteiger partial charge in [-0.05, 0) is 24.6 Å². The Balaban J connectivity index is 2.83. The predicted octanol–water partition coefficient (Wildman–Crippen LogP) is 3.50. The lowest BCUT2D eigenvalue weighted by Gasteiger charge is -2.07. The molecule has 0 unspecified atom stereocenters. The average molecular weight is 227 g/mol. The van der Waals surface area contributed by atoms with E-state index in [9.17, 15) is 0 Å². The van der Waals surface area contributed by atoms with Crippen molar-refractivity contribution in [1.29, 1.82) is 5.26 Å². The van der Waals surface area contributed by atoms with Crippen LogP contribution in [0.2, 0.25) is 0 Å². The molecule has 0 heterocycles. The number of nitrogens with zero attached hydrogens (tertiary/aromatic N) is 1. The third-order valence-corrected chi connectivity index (χ3v) is 2.26. The van der Waals surface area contributed by atoms with Crippen LogP contribution >= 0.6 is 0 Å². The first-order valence-corrected chi connectivity index (χ1v) is 5.97. The fraction of sp³-hybridized carbons (Fsp3) is 0.400. The molecule has 0 saturated heterocycles. The summed E-state index contributed by atoms with van der Waals surface area (Å²) in [5.41, 5.74) is 1.43. The number of unbranched alkanes of at least 4 members (excludes halogenated alkanes) is 1. The van der Waals surface area contributed by atoms with E-state index >= 15 is 0 Å². The Kier molecular flexibility index (Phi) is 5.69. The number of rotatable bonds is 4. The van der Waals surface area contributed by atoms with Gasteiger partial charge in [0, 0.05) is 12.0 Å². The van der Waals surface area contributed by atoms with Crippen LogP contribution in [0.5, 0.6) is 5.75 Å². The van der Waals surface area contributed by atoms with Crippen LogP contribution in [-0.4, -0.2) is 6.61 Å². The van der Waals surface area contributed by atoms with Gasteiger partial charge in [-0.2, -0.15) is 5.26 Å². The highest BCUT2D eigenvalue weighted by Crippen LogP contribution is 2.19. The van der Waals surface area contributed by atoms with Gasteiger partial charge < -0.3 is 4.74 Å². The first-order chi connectivity index (χ1) is 8.31. The molecule has 2 heteroatoms. The molecule has 1 rings (SSSR count). The van der Waals surface area contributed by atoms with Crippen LogP contribution in [0.4, 0.5) is 0 Å². The summed E-state index contributed by atoms with van der Waals surface area (Å²) in [5.74, 6) is 6.65. The molecule has 0 aromatic heterocycles. The molecule has 0 aliphatic carbocycles. The summed E-state index contributed by atoms with van der Waals surface area (Å²) < 4.78 is 5.56. The second kappa shape index (κ2) is 7.36. The van der Waals surface area contributed by atoms with Crippen LogP contribution < -0.4 is 4.74 Å². The maximum atomic E-state index is 9.05. The molecule has 0 atom stereocenters. The normalized spacial score (nSPS) is 9.00. The molecule has 2 nitrogen and oxygen atoms in total. The van der Waals surface area contributed by atoms with Gasteiger partial charge in [-0.3, -0.25) is 0 Å². The smallest absolute Gasteiger partial charge is 0.137 e. The summed E-state index contributed by atoms with van der Waals surface area (Å²) in [6.45, 7) is 4.77. The molecule has 0 saturated carbocycles. The molecule has 1 aromatic rings. The van der Waals surface area contributed by atoms with Crippen molar-refractivity contribution in [1.82, 2.24) is 0 Å². The topological polar surface area (TPSA) is 33.0 Å². The molecule has 0 aliphatic heterocycles. The van der Waals surface area contributed by atoms with Gasteiger partial charge in [-0.15, -0.1) is 0 Å². The third kappa shape index (κ3) is 4.21. The Bertz CT molecular complexity index is 460. The molecule has 1 aromatic carbocycles. The molecule has 17 heavy (non-hydrogen) atoms. The molecule has 0 radical (unpaired) electrons. The van der Waals surface area contributed by atoms with Gasteiger partial charge in [0.1, 0.15) is 11.8 Å². The van der Waals surface area contributed by atoms with E-state index in [0.29, 0.717) is 17.9 Å². The van der Waals surface area contributed by atoms with E-state index in [1.54, 1.807) is 6.07 Å². The number of hydrogen-bond donors (Lipinski definition) is 0. The van der Waals surface area contributed by atoms with Gasteiger partial charge in [-0.25, -0.2) is 0 Å². The van der Waals surface area contributed by atoms with Crippen LogP contribution in [0.3, 0.4) is 0 Å². The number of nitriles is 1. The molecule has 0 N–H and O–H groups in total. The van der Waals surface area contributed by atoms with Crippen molar-refractivity contribution in [2.75, 3.05) is 6.61 Å². The van der Waals surface area contributed by atoms with Gasteiger partial charge >= 0.3 is 0 Å². The van der Waals surface area contributed by atoms with Gasteiger partial charge in [0.15, 0.2) is 0 Å². The van der Waals surface area contributed by atoms with Crippen molar-refractivity contribution < 1.29 is 4.74 Å².